The summed E-state index contributed by atoms with van der Waals surface area (Å²) >= 11 is 6.31. The van der Waals surface area contributed by atoms with Crippen LogP contribution in [0.1, 0.15) is 45.1 Å². The molecule has 2 N–H and O–H groups in total. The zero-order chi connectivity index (χ0) is 24.5. The van der Waals surface area contributed by atoms with Crippen LogP contribution >= 0.6 is 11.6 Å². The topological polar surface area (TPSA) is 89.1 Å². The maximum atomic E-state index is 13.5. The molecule has 1 saturated heterocycles. The molecule has 2 aliphatic rings. The molecule has 2 fully saturated rings. The third kappa shape index (κ3) is 8.32. The predicted octanol–water partition coefficient (Wildman–Crippen LogP) is 3.61. The van der Waals surface area contributed by atoms with E-state index in [0.717, 1.165) is 24.8 Å². The maximum Gasteiger partial charge on any atom is 0.407 e. The number of methoxy groups -OCH3 is 1. The number of halogens is 1. The fraction of sp³-hybridized carbons (Fsp3) is 0.680. The first kappa shape index (κ1) is 26.6. The van der Waals surface area contributed by atoms with Crippen LogP contribution in [-0.2, 0) is 20.8 Å². The Balaban J connectivity index is 1.58. The molecule has 34 heavy (non-hydrogen) atoms. The Morgan fingerprint density at radius 3 is 2.74 bits per heavy atom. The van der Waals surface area contributed by atoms with E-state index < -0.39 is 6.09 Å². The lowest BCUT2D eigenvalue weighted by Crippen LogP contribution is -2.53. The molecule has 1 aromatic carbocycles. The highest BCUT2D eigenvalue weighted by molar-refractivity contribution is 6.32. The summed E-state index contributed by atoms with van der Waals surface area (Å²) in [6, 6.07) is 5.82. The van der Waals surface area contributed by atoms with Gasteiger partial charge in [-0.2, -0.15) is 0 Å². The molecule has 0 bridgehead atoms. The van der Waals surface area contributed by atoms with Gasteiger partial charge < -0.3 is 29.7 Å². The van der Waals surface area contributed by atoms with Crippen LogP contribution in [0.25, 0.3) is 0 Å². The van der Waals surface area contributed by atoms with E-state index in [9.17, 15) is 9.59 Å². The van der Waals surface area contributed by atoms with Crippen LogP contribution in [-0.4, -0.2) is 69.0 Å². The van der Waals surface area contributed by atoms with Gasteiger partial charge >= 0.3 is 6.09 Å². The van der Waals surface area contributed by atoms with Gasteiger partial charge in [-0.1, -0.05) is 31.5 Å². The standard InChI is InChI=1S/C25H38ClN3O5/c1-17(2)16-34-25(31)28-20-12-19(13-27-14-20)24(30)29(21-6-7-21)15-18-5-8-22(26)23(11-18)33-10-4-9-32-3/h5,8,11,17,19-21,27H,4,6-7,9-10,12-16H2,1-3H3,(H,28,31)/t19-,20+/m0/s1. The third-order valence-electron chi connectivity index (χ3n) is 5.94. The van der Waals surface area contributed by atoms with Crippen molar-refractivity contribution in [3.05, 3.63) is 28.8 Å². The highest BCUT2D eigenvalue weighted by Gasteiger charge is 2.38. The molecule has 1 aliphatic carbocycles. The Morgan fingerprint density at radius 2 is 2.03 bits per heavy atom. The van der Waals surface area contributed by atoms with Crippen LogP contribution in [0.3, 0.4) is 0 Å². The number of alkyl carbamates (subject to hydrolysis) is 1. The minimum absolute atomic E-state index is 0.120. The Hall–Kier alpha value is -2.03. The molecule has 0 radical (unpaired) electrons. The van der Waals surface area contributed by atoms with Crippen molar-refractivity contribution < 1.29 is 23.8 Å². The normalized spacial score (nSPS) is 20.1. The van der Waals surface area contributed by atoms with Gasteiger partial charge in [0.15, 0.2) is 0 Å². The fourth-order valence-corrected chi connectivity index (χ4v) is 4.21. The average Bonchev–Trinajstić information content (AvgIpc) is 3.65. The maximum absolute atomic E-state index is 13.5. The largest absolute Gasteiger partial charge is 0.492 e. The minimum Gasteiger partial charge on any atom is -0.492 e. The van der Waals surface area contributed by atoms with Crippen LogP contribution in [0.5, 0.6) is 5.75 Å². The summed E-state index contributed by atoms with van der Waals surface area (Å²) in [7, 11) is 1.66. The summed E-state index contributed by atoms with van der Waals surface area (Å²) in [5.41, 5.74) is 0.988. The van der Waals surface area contributed by atoms with Crippen LogP contribution in [0.4, 0.5) is 4.79 Å². The summed E-state index contributed by atoms with van der Waals surface area (Å²) in [5.74, 6) is 0.833. The Kier molecular flexibility index (Phi) is 10.3. The van der Waals surface area contributed by atoms with Crippen molar-refractivity contribution in [3.63, 3.8) is 0 Å². The second-order valence-corrected chi connectivity index (χ2v) is 9.99. The lowest BCUT2D eigenvalue weighted by Gasteiger charge is -2.33. The quantitative estimate of drug-likeness (QED) is 0.431. The number of nitrogens with one attached hydrogen (secondary N) is 2. The molecule has 1 saturated carbocycles. The molecule has 190 valence electrons. The monoisotopic (exact) mass is 495 g/mol. The second kappa shape index (κ2) is 13.2. The first-order valence-corrected chi connectivity index (χ1v) is 12.6. The van der Waals surface area contributed by atoms with E-state index in [4.69, 9.17) is 25.8 Å². The van der Waals surface area contributed by atoms with Crippen LogP contribution in [0.2, 0.25) is 5.02 Å². The second-order valence-electron chi connectivity index (χ2n) is 9.58. The highest BCUT2D eigenvalue weighted by Crippen LogP contribution is 2.32. The van der Waals surface area contributed by atoms with Crippen molar-refractivity contribution >= 4 is 23.6 Å². The van der Waals surface area contributed by atoms with E-state index in [0.29, 0.717) is 56.6 Å². The number of benzene rings is 1. The van der Waals surface area contributed by atoms with Gasteiger partial charge in [0.25, 0.3) is 0 Å². The van der Waals surface area contributed by atoms with E-state index in [1.807, 2.05) is 36.9 Å². The molecule has 0 spiro atoms. The number of nitrogens with zero attached hydrogens (tertiary/aromatic N) is 1. The van der Waals surface area contributed by atoms with Crippen molar-refractivity contribution in [1.29, 1.82) is 0 Å². The van der Waals surface area contributed by atoms with Crippen LogP contribution in [0, 0.1) is 11.8 Å². The summed E-state index contributed by atoms with van der Waals surface area (Å²) < 4.78 is 16.1. The average molecular weight is 496 g/mol. The van der Waals surface area contributed by atoms with Gasteiger partial charge in [-0.3, -0.25) is 4.79 Å². The summed E-state index contributed by atoms with van der Waals surface area (Å²) in [5, 5.41) is 6.75. The molecule has 1 aromatic rings. The van der Waals surface area contributed by atoms with E-state index in [-0.39, 0.29) is 29.8 Å². The molecular weight excluding hydrogens is 458 g/mol. The van der Waals surface area contributed by atoms with Crippen molar-refractivity contribution in [2.24, 2.45) is 11.8 Å². The van der Waals surface area contributed by atoms with Crippen LogP contribution in [0.15, 0.2) is 18.2 Å². The molecule has 1 aliphatic heterocycles. The predicted molar refractivity (Wildman–Crippen MR) is 131 cm³/mol. The Bertz CT molecular complexity index is 818. The first-order chi connectivity index (χ1) is 16.4. The van der Waals surface area contributed by atoms with Crippen LogP contribution < -0.4 is 15.4 Å². The van der Waals surface area contributed by atoms with Gasteiger partial charge in [0.1, 0.15) is 5.75 Å². The molecule has 3 rings (SSSR count). The number of amides is 2. The minimum atomic E-state index is -0.424. The molecule has 0 unspecified atom stereocenters. The lowest BCUT2D eigenvalue weighted by atomic mass is 9.94. The SMILES string of the molecule is COCCCOc1cc(CN(C(=O)[C@@H]2CNC[C@H](NC(=O)OCC(C)C)C2)C2CC2)ccc1Cl. The van der Waals surface area contributed by atoms with Gasteiger partial charge in [-0.25, -0.2) is 4.79 Å². The smallest absolute Gasteiger partial charge is 0.407 e. The summed E-state index contributed by atoms with van der Waals surface area (Å²) in [6.45, 7) is 7.26. The van der Waals surface area contributed by atoms with Crippen molar-refractivity contribution in [3.8, 4) is 5.75 Å². The molecular formula is C25H38ClN3O5. The van der Waals surface area contributed by atoms with E-state index in [2.05, 4.69) is 10.6 Å². The summed E-state index contributed by atoms with van der Waals surface area (Å²) in [4.78, 5) is 27.5. The zero-order valence-corrected chi connectivity index (χ0v) is 21.2. The van der Waals surface area contributed by atoms with E-state index in [1.54, 1.807) is 7.11 Å². The van der Waals surface area contributed by atoms with Gasteiger partial charge in [-0.05, 0) is 42.9 Å². The first-order valence-electron chi connectivity index (χ1n) is 12.2. The summed E-state index contributed by atoms with van der Waals surface area (Å²) in [6.07, 6.45) is 2.98. The van der Waals surface area contributed by atoms with E-state index in [1.165, 1.54) is 0 Å². The van der Waals surface area contributed by atoms with Gasteiger partial charge in [0, 0.05) is 51.9 Å². The molecule has 0 aromatic heterocycles. The molecule has 1 heterocycles. The zero-order valence-electron chi connectivity index (χ0n) is 20.5. The number of rotatable bonds is 12. The Morgan fingerprint density at radius 1 is 1.24 bits per heavy atom. The van der Waals surface area contributed by atoms with Gasteiger partial charge in [0.05, 0.1) is 24.2 Å². The fourth-order valence-electron chi connectivity index (χ4n) is 4.04. The highest BCUT2D eigenvalue weighted by atomic mass is 35.5. The number of piperidine rings is 1. The number of hydrogen-bond acceptors (Lipinski definition) is 6. The van der Waals surface area contributed by atoms with Crippen molar-refractivity contribution in [2.75, 3.05) is 40.0 Å². The molecule has 2 amide bonds. The number of hydrogen-bond donors (Lipinski definition) is 2. The van der Waals surface area contributed by atoms with Gasteiger partial charge in [0.2, 0.25) is 5.91 Å². The number of carbonyl (C=O) groups is 2. The molecule has 2 atom stereocenters. The van der Waals surface area contributed by atoms with Crippen molar-refractivity contribution in [1.82, 2.24) is 15.5 Å². The van der Waals surface area contributed by atoms with E-state index >= 15 is 0 Å². The van der Waals surface area contributed by atoms with Gasteiger partial charge in [-0.15, -0.1) is 0 Å². The Labute approximate surface area is 207 Å². The molecule has 8 nitrogen and oxygen atoms in total. The third-order valence-corrected chi connectivity index (χ3v) is 6.25. The molecule has 9 heteroatoms. The van der Waals surface area contributed by atoms with Crippen molar-refractivity contribution in [2.45, 2.75) is 58.2 Å². The number of ether oxygens (including phenoxy) is 3. The number of carbonyl (C=O) groups excluding carboxylic acids is 2. The lowest BCUT2D eigenvalue weighted by molar-refractivity contribution is -0.137.